The fourth-order valence-corrected chi connectivity index (χ4v) is 2.70. The molecule has 1 N–H and O–H groups in total. The number of thioether (sulfide) groups is 1. The van der Waals surface area contributed by atoms with Crippen molar-refractivity contribution in [1.82, 2.24) is 15.1 Å². The second-order valence-corrected chi connectivity index (χ2v) is 5.63. The number of nitrogens with one attached hydrogen (secondary N) is 1. The van der Waals surface area contributed by atoms with Gasteiger partial charge in [-0.3, -0.25) is 4.68 Å². The molecule has 2 rings (SSSR count). The molecule has 1 aromatic rings. The lowest BCUT2D eigenvalue weighted by atomic mass is 10.3. The summed E-state index contributed by atoms with van der Waals surface area (Å²) in [5, 5.41) is 8.99. The van der Waals surface area contributed by atoms with E-state index in [9.17, 15) is 0 Å². The topological polar surface area (TPSA) is 29.9 Å². The molecule has 1 aromatic heterocycles. The molecule has 14 heavy (non-hydrogen) atoms. The summed E-state index contributed by atoms with van der Waals surface area (Å²) in [6.07, 6.45) is 4.12. The molecule has 1 aliphatic heterocycles. The molecule has 0 bridgehead atoms. The molecule has 1 saturated heterocycles. The third-order valence-corrected chi connectivity index (χ3v) is 3.75. The Morgan fingerprint density at radius 3 is 2.93 bits per heavy atom. The van der Waals surface area contributed by atoms with Gasteiger partial charge in [0.25, 0.3) is 0 Å². The summed E-state index contributed by atoms with van der Waals surface area (Å²) >= 11 is 1.98. The van der Waals surface area contributed by atoms with E-state index in [-0.39, 0.29) is 0 Å². The van der Waals surface area contributed by atoms with Gasteiger partial charge in [-0.05, 0) is 13.8 Å². The molecule has 0 aliphatic carbocycles. The van der Waals surface area contributed by atoms with Crippen LogP contribution < -0.4 is 5.32 Å². The van der Waals surface area contributed by atoms with Crippen molar-refractivity contribution in [3.8, 4) is 0 Å². The van der Waals surface area contributed by atoms with Crippen molar-refractivity contribution in [2.75, 3.05) is 6.54 Å². The Balaban J connectivity index is 2.09. The Bertz CT molecular complexity index is 308. The second kappa shape index (κ2) is 3.95. The van der Waals surface area contributed by atoms with Crippen LogP contribution in [0.1, 0.15) is 37.8 Å². The molecule has 2 atom stereocenters. The van der Waals surface area contributed by atoms with Gasteiger partial charge in [-0.2, -0.15) is 5.10 Å². The molecule has 3 nitrogen and oxygen atoms in total. The first kappa shape index (κ1) is 10.1. The third kappa shape index (κ3) is 1.96. The summed E-state index contributed by atoms with van der Waals surface area (Å²) in [5.74, 6) is 0. The standard InChI is InChI=1S/C10H17N3S/c1-7(2)13-6-9(5-12-13)10-11-4-8(3)14-10/h5-8,10-11H,4H2,1-3H3. The lowest BCUT2D eigenvalue weighted by molar-refractivity contribution is 0.531. The quantitative estimate of drug-likeness (QED) is 0.813. The number of aromatic nitrogens is 2. The van der Waals surface area contributed by atoms with Crippen LogP contribution in [0.15, 0.2) is 12.4 Å². The van der Waals surface area contributed by atoms with Gasteiger partial charge in [0.15, 0.2) is 0 Å². The van der Waals surface area contributed by atoms with Crippen LogP contribution in [0, 0.1) is 0 Å². The van der Waals surface area contributed by atoms with Crippen LogP contribution in [0.3, 0.4) is 0 Å². The minimum absolute atomic E-state index is 0.442. The van der Waals surface area contributed by atoms with Crippen LogP contribution in [0.2, 0.25) is 0 Å². The SMILES string of the molecule is CC1CNC(c2cnn(C(C)C)c2)S1. The van der Waals surface area contributed by atoms with Crippen molar-refractivity contribution in [2.45, 2.75) is 37.4 Å². The fraction of sp³-hybridized carbons (Fsp3) is 0.700. The van der Waals surface area contributed by atoms with Gasteiger partial charge in [0, 0.05) is 29.6 Å². The van der Waals surface area contributed by atoms with E-state index in [1.54, 1.807) is 0 Å². The molecule has 0 saturated carbocycles. The highest BCUT2D eigenvalue weighted by atomic mass is 32.2. The van der Waals surface area contributed by atoms with Crippen LogP contribution in [-0.4, -0.2) is 21.6 Å². The predicted octanol–water partition coefficient (Wildman–Crippen LogP) is 2.19. The highest BCUT2D eigenvalue weighted by Gasteiger charge is 2.23. The zero-order valence-electron chi connectivity index (χ0n) is 8.90. The first-order valence-corrected chi connectivity index (χ1v) is 6.04. The molecule has 0 spiro atoms. The van der Waals surface area contributed by atoms with Gasteiger partial charge in [-0.1, -0.05) is 6.92 Å². The highest BCUT2D eigenvalue weighted by molar-refractivity contribution is 8.00. The van der Waals surface area contributed by atoms with E-state index in [0.717, 1.165) is 6.54 Å². The summed E-state index contributed by atoms with van der Waals surface area (Å²) in [6, 6.07) is 0.451. The molecule has 78 valence electrons. The molecule has 0 radical (unpaired) electrons. The van der Waals surface area contributed by atoms with E-state index < -0.39 is 0 Å². The summed E-state index contributed by atoms with van der Waals surface area (Å²) in [7, 11) is 0. The van der Waals surface area contributed by atoms with Crippen molar-refractivity contribution < 1.29 is 0 Å². The Morgan fingerprint density at radius 1 is 1.64 bits per heavy atom. The first-order chi connectivity index (χ1) is 6.66. The molecule has 1 fully saturated rings. The Labute approximate surface area is 89.3 Å². The predicted molar refractivity (Wildman–Crippen MR) is 60.4 cm³/mol. The third-order valence-electron chi connectivity index (χ3n) is 2.41. The van der Waals surface area contributed by atoms with Gasteiger partial charge in [-0.25, -0.2) is 0 Å². The largest absolute Gasteiger partial charge is 0.300 e. The monoisotopic (exact) mass is 211 g/mol. The first-order valence-electron chi connectivity index (χ1n) is 5.09. The maximum atomic E-state index is 4.35. The minimum atomic E-state index is 0.442. The van der Waals surface area contributed by atoms with E-state index in [2.05, 4.69) is 37.4 Å². The van der Waals surface area contributed by atoms with Crippen LogP contribution >= 0.6 is 11.8 Å². The molecule has 4 heteroatoms. The fourth-order valence-electron chi connectivity index (χ4n) is 1.57. The van der Waals surface area contributed by atoms with Crippen molar-refractivity contribution in [2.24, 2.45) is 0 Å². The zero-order chi connectivity index (χ0) is 10.1. The summed E-state index contributed by atoms with van der Waals surface area (Å²) < 4.78 is 2.01. The molecule has 2 unspecified atom stereocenters. The van der Waals surface area contributed by atoms with Crippen LogP contribution in [0.25, 0.3) is 0 Å². The van der Waals surface area contributed by atoms with Gasteiger partial charge in [-0.15, -0.1) is 11.8 Å². The molecule has 0 amide bonds. The summed E-state index contributed by atoms with van der Waals surface area (Å²) in [6.45, 7) is 7.65. The second-order valence-electron chi connectivity index (χ2n) is 4.08. The van der Waals surface area contributed by atoms with Crippen molar-refractivity contribution in [1.29, 1.82) is 0 Å². The average molecular weight is 211 g/mol. The molecule has 1 aliphatic rings. The van der Waals surface area contributed by atoms with E-state index >= 15 is 0 Å². The lowest BCUT2D eigenvalue weighted by Crippen LogP contribution is -2.13. The number of nitrogens with zero attached hydrogens (tertiary/aromatic N) is 2. The van der Waals surface area contributed by atoms with Crippen LogP contribution in [-0.2, 0) is 0 Å². The molecular formula is C10H17N3S. The average Bonchev–Trinajstić information content (AvgIpc) is 2.70. The molecular weight excluding hydrogens is 194 g/mol. The summed E-state index contributed by atoms with van der Waals surface area (Å²) in [5.41, 5.74) is 1.30. The summed E-state index contributed by atoms with van der Waals surface area (Å²) in [4.78, 5) is 0. The van der Waals surface area contributed by atoms with Gasteiger partial charge in [0.05, 0.1) is 11.6 Å². The Kier molecular flexibility index (Phi) is 2.83. The normalized spacial score (nSPS) is 27.4. The van der Waals surface area contributed by atoms with E-state index in [0.29, 0.717) is 16.7 Å². The number of hydrogen-bond donors (Lipinski definition) is 1. The maximum absolute atomic E-state index is 4.35. The van der Waals surface area contributed by atoms with Crippen molar-refractivity contribution in [3.05, 3.63) is 18.0 Å². The minimum Gasteiger partial charge on any atom is -0.300 e. The zero-order valence-corrected chi connectivity index (χ0v) is 9.71. The van der Waals surface area contributed by atoms with E-state index in [4.69, 9.17) is 0 Å². The lowest BCUT2D eigenvalue weighted by Gasteiger charge is -2.07. The molecule has 2 heterocycles. The van der Waals surface area contributed by atoms with Gasteiger partial charge in [0.2, 0.25) is 0 Å². The van der Waals surface area contributed by atoms with Crippen molar-refractivity contribution >= 4 is 11.8 Å². The smallest absolute Gasteiger partial charge is 0.0823 e. The van der Waals surface area contributed by atoms with E-state index in [1.165, 1.54) is 5.56 Å². The van der Waals surface area contributed by atoms with E-state index in [1.807, 2.05) is 22.6 Å². The maximum Gasteiger partial charge on any atom is 0.0823 e. The van der Waals surface area contributed by atoms with Crippen molar-refractivity contribution in [3.63, 3.8) is 0 Å². The van der Waals surface area contributed by atoms with Crippen LogP contribution in [0.4, 0.5) is 0 Å². The van der Waals surface area contributed by atoms with Gasteiger partial charge in [0.1, 0.15) is 0 Å². The number of hydrogen-bond acceptors (Lipinski definition) is 3. The van der Waals surface area contributed by atoms with Gasteiger partial charge < -0.3 is 5.32 Å². The number of rotatable bonds is 2. The van der Waals surface area contributed by atoms with Gasteiger partial charge >= 0.3 is 0 Å². The Morgan fingerprint density at radius 2 is 2.43 bits per heavy atom. The van der Waals surface area contributed by atoms with Crippen LogP contribution in [0.5, 0.6) is 0 Å². The highest BCUT2D eigenvalue weighted by Crippen LogP contribution is 2.34. The Hall–Kier alpha value is -0.480. The molecule has 0 aromatic carbocycles.